The van der Waals surface area contributed by atoms with Crippen molar-refractivity contribution < 1.29 is 16.8 Å². The van der Waals surface area contributed by atoms with Gasteiger partial charge in [-0.2, -0.15) is 0 Å². The summed E-state index contributed by atoms with van der Waals surface area (Å²) < 4.78 is 54.9. The number of benzene rings is 1. The monoisotopic (exact) mass is 471 g/mol. The molecule has 0 radical (unpaired) electrons. The summed E-state index contributed by atoms with van der Waals surface area (Å²) in [6.45, 7) is 4.19. The lowest BCUT2D eigenvalue weighted by atomic mass is 9.86. The first-order chi connectivity index (χ1) is 14.7. The Morgan fingerprint density at radius 1 is 0.806 bits per heavy atom. The van der Waals surface area contributed by atoms with Gasteiger partial charge in [0.05, 0.1) is 10.1 Å². The molecular weight excluding hydrogens is 434 g/mol. The van der Waals surface area contributed by atoms with Gasteiger partial charge in [-0.15, -0.1) is 0 Å². The molecule has 2 fully saturated rings. The third-order valence-corrected chi connectivity index (χ3v) is 9.92. The van der Waals surface area contributed by atoms with Gasteiger partial charge in [-0.1, -0.05) is 19.3 Å². The van der Waals surface area contributed by atoms with E-state index in [4.69, 9.17) is 0 Å². The van der Waals surface area contributed by atoms with Gasteiger partial charge in [0.15, 0.2) is 0 Å². The van der Waals surface area contributed by atoms with Crippen LogP contribution in [0.1, 0.15) is 71.6 Å². The van der Waals surface area contributed by atoms with Crippen molar-refractivity contribution in [1.29, 1.82) is 0 Å². The van der Waals surface area contributed by atoms with Crippen molar-refractivity contribution in [3.05, 3.63) is 24.3 Å². The summed E-state index contributed by atoms with van der Waals surface area (Å²) >= 11 is 0. The fraction of sp³-hybridized carbons (Fsp3) is 0.727. The molecule has 3 N–H and O–H groups in total. The van der Waals surface area contributed by atoms with Crippen molar-refractivity contribution in [2.24, 2.45) is 5.92 Å². The van der Waals surface area contributed by atoms with Crippen LogP contribution in [0, 0.1) is 5.92 Å². The molecule has 0 aliphatic heterocycles. The minimum absolute atomic E-state index is 0.0322. The summed E-state index contributed by atoms with van der Waals surface area (Å²) in [5, 5.41) is 3.00. The SMILES string of the molecule is CC(C)S(=O)(=O)N[C@H]1CC[C@H](CNc2ccc(S(=O)(=O)NC3CCCCC3)cc2)CC1. The van der Waals surface area contributed by atoms with Crippen molar-refractivity contribution in [2.75, 3.05) is 11.9 Å². The van der Waals surface area contributed by atoms with Crippen molar-refractivity contribution in [1.82, 2.24) is 9.44 Å². The molecule has 0 unspecified atom stereocenters. The van der Waals surface area contributed by atoms with Crippen LogP contribution < -0.4 is 14.8 Å². The van der Waals surface area contributed by atoms with Gasteiger partial charge in [-0.05, 0) is 82.6 Å². The topological polar surface area (TPSA) is 104 Å². The molecule has 2 aliphatic carbocycles. The predicted octanol–water partition coefficient (Wildman–Crippen LogP) is 3.60. The lowest BCUT2D eigenvalue weighted by Crippen LogP contribution is -2.41. The molecule has 0 atom stereocenters. The molecule has 0 heterocycles. The van der Waals surface area contributed by atoms with E-state index in [1.807, 2.05) is 12.1 Å². The Balaban J connectivity index is 1.44. The molecule has 0 amide bonds. The zero-order valence-electron chi connectivity index (χ0n) is 18.6. The molecule has 1 aromatic carbocycles. The Morgan fingerprint density at radius 2 is 1.39 bits per heavy atom. The van der Waals surface area contributed by atoms with Crippen LogP contribution in [0.15, 0.2) is 29.2 Å². The van der Waals surface area contributed by atoms with Gasteiger partial charge in [0.25, 0.3) is 0 Å². The first kappa shape index (κ1) is 24.5. The lowest BCUT2D eigenvalue weighted by molar-refractivity contribution is 0.323. The lowest BCUT2D eigenvalue weighted by Gasteiger charge is -2.29. The van der Waals surface area contributed by atoms with Gasteiger partial charge in [-0.25, -0.2) is 26.3 Å². The standard InChI is InChI=1S/C22H37N3O4S2/c1-17(2)30(26,27)24-21-10-8-18(9-11-21)16-23-19-12-14-22(15-13-19)31(28,29)25-20-6-4-3-5-7-20/h12-15,17-18,20-21,23-25H,3-11,16H2,1-2H3/t18-,21-. The Kier molecular flexibility index (Phi) is 8.40. The average Bonchev–Trinajstić information content (AvgIpc) is 2.73. The fourth-order valence-electron chi connectivity index (χ4n) is 4.37. The first-order valence-electron chi connectivity index (χ1n) is 11.5. The fourth-order valence-corrected chi connectivity index (χ4v) is 6.65. The molecule has 0 spiro atoms. The number of hydrogen-bond donors (Lipinski definition) is 3. The summed E-state index contributed by atoms with van der Waals surface area (Å²) in [4.78, 5) is 0.307. The van der Waals surface area contributed by atoms with E-state index in [9.17, 15) is 16.8 Å². The maximum Gasteiger partial charge on any atom is 0.240 e. The van der Waals surface area contributed by atoms with E-state index in [2.05, 4.69) is 14.8 Å². The predicted molar refractivity (Wildman–Crippen MR) is 125 cm³/mol. The molecule has 9 heteroatoms. The highest BCUT2D eigenvalue weighted by Gasteiger charge is 2.26. The molecule has 176 valence electrons. The van der Waals surface area contributed by atoms with E-state index < -0.39 is 25.3 Å². The molecule has 2 saturated carbocycles. The van der Waals surface area contributed by atoms with E-state index in [1.165, 1.54) is 6.42 Å². The largest absolute Gasteiger partial charge is 0.385 e. The van der Waals surface area contributed by atoms with Crippen molar-refractivity contribution in [2.45, 2.75) is 93.9 Å². The van der Waals surface area contributed by atoms with Crippen LogP contribution in [-0.2, 0) is 20.0 Å². The van der Waals surface area contributed by atoms with Crippen molar-refractivity contribution in [3.63, 3.8) is 0 Å². The summed E-state index contributed by atoms with van der Waals surface area (Å²) in [6.07, 6.45) is 8.83. The molecule has 1 aromatic rings. The van der Waals surface area contributed by atoms with E-state index in [0.29, 0.717) is 10.8 Å². The first-order valence-corrected chi connectivity index (χ1v) is 14.6. The molecule has 31 heavy (non-hydrogen) atoms. The molecule has 7 nitrogen and oxygen atoms in total. The third kappa shape index (κ3) is 7.17. The molecule has 2 aliphatic rings. The van der Waals surface area contributed by atoms with E-state index in [0.717, 1.165) is 63.6 Å². The van der Waals surface area contributed by atoms with Crippen molar-refractivity contribution in [3.8, 4) is 0 Å². The van der Waals surface area contributed by atoms with E-state index in [-0.39, 0.29) is 12.1 Å². The molecule has 0 aromatic heterocycles. The highest BCUT2D eigenvalue weighted by molar-refractivity contribution is 7.90. The summed E-state index contributed by atoms with van der Waals surface area (Å²) in [5.41, 5.74) is 0.902. The number of hydrogen-bond acceptors (Lipinski definition) is 5. The normalized spacial score (nSPS) is 23.7. The molecule has 0 bridgehead atoms. The van der Waals surface area contributed by atoms with E-state index in [1.54, 1.807) is 26.0 Å². The van der Waals surface area contributed by atoms with Gasteiger partial charge in [0.1, 0.15) is 0 Å². The highest BCUT2D eigenvalue weighted by Crippen LogP contribution is 2.26. The van der Waals surface area contributed by atoms with Crippen LogP contribution in [0.4, 0.5) is 5.69 Å². The molecular formula is C22H37N3O4S2. The van der Waals surface area contributed by atoms with Crippen molar-refractivity contribution >= 4 is 25.7 Å². The zero-order valence-corrected chi connectivity index (χ0v) is 20.3. The molecule has 3 rings (SSSR count). The number of anilines is 1. The van der Waals surface area contributed by atoms with Gasteiger partial charge >= 0.3 is 0 Å². The Morgan fingerprint density at radius 3 is 1.97 bits per heavy atom. The van der Waals surface area contributed by atoms with Gasteiger partial charge in [0, 0.05) is 24.3 Å². The maximum absolute atomic E-state index is 12.6. The maximum atomic E-state index is 12.6. The quantitative estimate of drug-likeness (QED) is 0.510. The summed E-state index contributed by atoms with van der Waals surface area (Å²) in [7, 11) is -6.69. The van der Waals surface area contributed by atoms with Crippen LogP contribution in [0.25, 0.3) is 0 Å². The Hall–Kier alpha value is -1.16. The highest BCUT2D eigenvalue weighted by atomic mass is 32.2. The van der Waals surface area contributed by atoms with Crippen LogP contribution in [0.3, 0.4) is 0 Å². The van der Waals surface area contributed by atoms with E-state index >= 15 is 0 Å². The van der Waals surface area contributed by atoms with Crippen LogP contribution in [0.5, 0.6) is 0 Å². The van der Waals surface area contributed by atoms with Gasteiger partial charge < -0.3 is 5.32 Å². The molecule has 0 saturated heterocycles. The van der Waals surface area contributed by atoms with Gasteiger partial charge in [-0.3, -0.25) is 0 Å². The smallest absolute Gasteiger partial charge is 0.240 e. The second-order valence-electron chi connectivity index (χ2n) is 9.29. The summed E-state index contributed by atoms with van der Waals surface area (Å²) in [6, 6.07) is 7.03. The minimum Gasteiger partial charge on any atom is -0.385 e. The minimum atomic E-state index is -3.47. The third-order valence-electron chi connectivity index (χ3n) is 6.48. The number of sulfonamides is 2. The Labute approximate surface area is 187 Å². The average molecular weight is 472 g/mol. The van der Waals surface area contributed by atoms with Crippen LogP contribution >= 0.6 is 0 Å². The Bertz CT molecular complexity index is 901. The number of rotatable bonds is 9. The van der Waals surface area contributed by atoms with Gasteiger partial charge in [0.2, 0.25) is 20.0 Å². The summed E-state index contributed by atoms with van der Waals surface area (Å²) in [5.74, 6) is 0.483. The number of nitrogens with one attached hydrogen (secondary N) is 3. The van der Waals surface area contributed by atoms with Crippen LogP contribution in [0.2, 0.25) is 0 Å². The van der Waals surface area contributed by atoms with Crippen LogP contribution in [-0.4, -0.2) is 40.7 Å². The zero-order chi connectivity index (χ0) is 22.5. The second-order valence-corrected chi connectivity index (χ2v) is 13.3. The second kappa shape index (κ2) is 10.6.